The highest BCUT2D eigenvalue weighted by molar-refractivity contribution is 9.10. The third kappa shape index (κ3) is 4.11. The number of carbonyl (C=O) groups is 1. The minimum absolute atomic E-state index is 0.0136. The molecular formula is C11H20BrNO2. The van der Waals surface area contributed by atoms with Gasteiger partial charge in [-0.05, 0) is 26.7 Å². The zero-order valence-corrected chi connectivity index (χ0v) is 11.0. The van der Waals surface area contributed by atoms with Crippen LogP contribution in [0.5, 0.6) is 0 Å². The maximum Gasteiger partial charge on any atom is 0.236 e. The summed E-state index contributed by atoms with van der Waals surface area (Å²) in [5, 5.41) is 12.6. The summed E-state index contributed by atoms with van der Waals surface area (Å²) in [6.45, 7) is 4.23. The fourth-order valence-corrected chi connectivity index (χ4v) is 2.00. The molecule has 0 saturated heterocycles. The molecular weight excluding hydrogens is 258 g/mol. The van der Waals surface area contributed by atoms with Crippen LogP contribution in [0.3, 0.4) is 0 Å². The molecule has 1 saturated carbocycles. The van der Waals surface area contributed by atoms with Crippen LogP contribution in [-0.4, -0.2) is 28.0 Å². The molecule has 0 bridgehead atoms. The van der Waals surface area contributed by atoms with Gasteiger partial charge in [0.25, 0.3) is 0 Å². The molecule has 2 atom stereocenters. The van der Waals surface area contributed by atoms with Crippen molar-refractivity contribution in [2.24, 2.45) is 5.92 Å². The molecule has 4 heteroatoms. The third-order valence-electron chi connectivity index (χ3n) is 2.93. The van der Waals surface area contributed by atoms with Gasteiger partial charge in [-0.1, -0.05) is 28.8 Å². The Hall–Kier alpha value is -0.0900. The first-order valence-electron chi connectivity index (χ1n) is 5.56. The zero-order valence-electron chi connectivity index (χ0n) is 9.42. The molecule has 1 aliphatic rings. The minimum atomic E-state index is -0.521. The van der Waals surface area contributed by atoms with Crippen molar-refractivity contribution in [3.63, 3.8) is 0 Å². The fraction of sp³-hybridized carbons (Fsp3) is 0.909. The molecule has 0 aliphatic heterocycles. The van der Waals surface area contributed by atoms with Crippen LogP contribution < -0.4 is 5.32 Å². The summed E-state index contributed by atoms with van der Waals surface area (Å²) in [4.78, 5) is 11.6. The van der Waals surface area contributed by atoms with Gasteiger partial charge in [0.2, 0.25) is 5.91 Å². The second-order valence-electron chi connectivity index (χ2n) is 4.79. The number of halogens is 1. The molecule has 0 aromatic heterocycles. The minimum Gasteiger partial charge on any atom is -0.393 e. The van der Waals surface area contributed by atoms with Gasteiger partial charge in [0.05, 0.1) is 10.4 Å². The van der Waals surface area contributed by atoms with E-state index in [0.717, 1.165) is 25.7 Å². The van der Waals surface area contributed by atoms with Crippen LogP contribution in [0.1, 0.15) is 39.5 Å². The van der Waals surface area contributed by atoms with Crippen molar-refractivity contribution in [2.45, 2.75) is 50.0 Å². The Labute approximate surface area is 99.8 Å². The normalized spacial score (nSPS) is 27.5. The highest BCUT2D eigenvalue weighted by Gasteiger charge is 2.27. The maximum absolute atomic E-state index is 11.6. The van der Waals surface area contributed by atoms with E-state index >= 15 is 0 Å². The number of nitrogens with one attached hydrogen (secondary N) is 1. The predicted octanol–water partition coefficient (Wildman–Crippen LogP) is 1.83. The second-order valence-corrected chi connectivity index (χ2v) is 6.78. The van der Waals surface area contributed by atoms with Gasteiger partial charge in [-0.3, -0.25) is 4.79 Å². The smallest absolute Gasteiger partial charge is 0.236 e. The molecule has 0 aromatic carbocycles. The zero-order chi connectivity index (χ0) is 11.5. The van der Waals surface area contributed by atoms with Gasteiger partial charge in [0.15, 0.2) is 0 Å². The van der Waals surface area contributed by atoms with E-state index in [9.17, 15) is 9.90 Å². The number of carbonyl (C=O) groups excluding carboxylic acids is 1. The highest BCUT2D eigenvalue weighted by Crippen LogP contribution is 2.24. The first-order chi connectivity index (χ1) is 6.91. The SMILES string of the molecule is CC(C)(Br)C(=O)NCC1CCCCC1O. The van der Waals surface area contributed by atoms with Crippen molar-refractivity contribution in [1.82, 2.24) is 5.32 Å². The Morgan fingerprint density at radius 2 is 2.07 bits per heavy atom. The lowest BCUT2D eigenvalue weighted by atomic mass is 9.86. The summed E-state index contributed by atoms with van der Waals surface area (Å²) >= 11 is 3.31. The molecule has 0 aromatic rings. The van der Waals surface area contributed by atoms with Crippen LogP contribution in [-0.2, 0) is 4.79 Å². The Morgan fingerprint density at radius 1 is 1.47 bits per heavy atom. The standard InChI is InChI=1S/C11H20BrNO2/c1-11(2,12)10(15)13-7-8-5-3-4-6-9(8)14/h8-9,14H,3-7H2,1-2H3,(H,13,15). The number of amides is 1. The Bertz CT molecular complexity index is 225. The van der Waals surface area contributed by atoms with Crippen LogP contribution in [0.4, 0.5) is 0 Å². The van der Waals surface area contributed by atoms with E-state index in [0.29, 0.717) is 6.54 Å². The predicted molar refractivity (Wildman–Crippen MR) is 64.0 cm³/mol. The summed E-state index contributed by atoms with van der Waals surface area (Å²) in [5.74, 6) is 0.220. The van der Waals surface area contributed by atoms with E-state index in [1.807, 2.05) is 13.8 Å². The molecule has 0 spiro atoms. The van der Waals surface area contributed by atoms with Crippen LogP contribution in [0.25, 0.3) is 0 Å². The lowest BCUT2D eigenvalue weighted by Gasteiger charge is -2.28. The molecule has 3 nitrogen and oxygen atoms in total. The fourth-order valence-electron chi connectivity index (χ4n) is 1.86. The van der Waals surface area contributed by atoms with Crippen LogP contribution in [0.2, 0.25) is 0 Å². The number of alkyl halides is 1. The Balaban J connectivity index is 2.33. The van der Waals surface area contributed by atoms with E-state index in [1.54, 1.807) is 0 Å². The molecule has 88 valence electrons. The topological polar surface area (TPSA) is 49.3 Å². The molecule has 1 aliphatic carbocycles. The van der Waals surface area contributed by atoms with E-state index in [4.69, 9.17) is 0 Å². The maximum atomic E-state index is 11.6. The van der Waals surface area contributed by atoms with Crippen molar-refractivity contribution < 1.29 is 9.90 Å². The molecule has 1 fully saturated rings. The van der Waals surface area contributed by atoms with Crippen molar-refractivity contribution in [2.75, 3.05) is 6.54 Å². The summed E-state index contributed by atoms with van der Waals surface area (Å²) in [5.41, 5.74) is 0. The summed E-state index contributed by atoms with van der Waals surface area (Å²) in [6, 6.07) is 0. The van der Waals surface area contributed by atoms with E-state index in [1.165, 1.54) is 0 Å². The van der Waals surface area contributed by atoms with Crippen molar-refractivity contribution in [3.05, 3.63) is 0 Å². The van der Waals surface area contributed by atoms with Crippen molar-refractivity contribution in [3.8, 4) is 0 Å². The molecule has 0 heterocycles. The molecule has 2 N–H and O–H groups in total. The highest BCUT2D eigenvalue weighted by atomic mass is 79.9. The number of aliphatic hydroxyl groups is 1. The van der Waals surface area contributed by atoms with Crippen LogP contribution in [0, 0.1) is 5.92 Å². The van der Waals surface area contributed by atoms with Crippen LogP contribution >= 0.6 is 15.9 Å². The second kappa shape index (κ2) is 5.30. The van der Waals surface area contributed by atoms with Gasteiger partial charge in [-0.25, -0.2) is 0 Å². The molecule has 1 amide bonds. The monoisotopic (exact) mass is 277 g/mol. The average molecular weight is 278 g/mol. The van der Waals surface area contributed by atoms with E-state index < -0.39 is 4.32 Å². The summed E-state index contributed by atoms with van der Waals surface area (Å²) in [6.07, 6.45) is 3.92. The van der Waals surface area contributed by atoms with Gasteiger partial charge >= 0.3 is 0 Å². The third-order valence-corrected chi connectivity index (χ3v) is 3.29. The number of rotatable bonds is 3. The van der Waals surface area contributed by atoms with E-state index in [-0.39, 0.29) is 17.9 Å². The first kappa shape index (κ1) is 13.0. The van der Waals surface area contributed by atoms with Gasteiger partial charge in [-0.2, -0.15) is 0 Å². The van der Waals surface area contributed by atoms with Gasteiger partial charge < -0.3 is 10.4 Å². The number of hydrogen-bond acceptors (Lipinski definition) is 2. The summed E-state index contributed by atoms with van der Waals surface area (Å²) < 4.78 is -0.521. The molecule has 0 radical (unpaired) electrons. The molecule has 15 heavy (non-hydrogen) atoms. The number of hydrogen-bond donors (Lipinski definition) is 2. The van der Waals surface area contributed by atoms with Gasteiger partial charge in [0, 0.05) is 12.5 Å². The summed E-state index contributed by atoms with van der Waals surface area (Å²) in [7, 11) is 0. The van der Waals surface area contributed by atoms with E-state index in [2.05, 4.69) is 21.2 Å². The largest absolute Gasteiger partial charge is 0.393 e. The average Bonchev–Trinajstić information content (AvgIpc) is 2.14. The van der Waals surface area contributed by atoms with Gasteiger partial charge in [0.1, 0.15) is 0 Å². The Kier molecular flexibility index (Phi) is 4.59. The molecule has 2 unspecified atom stereocenters. The van der Waals surface area contributed by atoms with Gasteiger partial charge in [-0.15, -0.1) is 0 Å². The molecule has 1 rings (SSSR count). The van der Waals surface area contributed by atoms with Crippen molar-refractivity contribution in [1.29, 1.82) is 0 Å². The quantitative estimate of drug-likeness (QED) is 0.774. The lowest BCUT2D eigenvalue weighted by molar-refractivity contribution is -0.122. The lowest BCUT2D eigenvalue weighted by Crippen LogP contribution is -2.42. The van der Waals surface area contributed by atoms with Crippen LogP contribution in [0.15, 0.2) is 0 Å². The number of aliphatic hydroxyl groups excluding tert-OH is 1. The Morgan fingerprint density at radius 3 is 2.60 bits per heavy atom. The van der Waals surface area contributed by atoms with Crippen molar-refractivity contribution >= 4 is 21.8 Å². The first-order valence-corrected chi connectivity index (χ1v) is 6.36.